The highest BCUT2D eigenvalue weighted by Gasteiger charge is 2.34. The fraction of sp³-hybridized carbons (Fsp3) is 0.357. The fourth-order valence-corrected chi connectivity index (χ4v) is 2.65. The summed E-state index contributed by atoms with van der Waals surface area (Å²) in [6.07, 6.45) is 3.38. The molecule has 7 heteroatoms. The van der Waals surface area contributed by atoms with Gasteiger partial charge in [0, 0.05) is 49.7 Å². The lowest BCUT2D eigenvalue weighted by Gasteiger charge is -2.42. The molecule has 1 aromatic heterocycles. The number of amidine groups is 1. The molecule has 0 spiro atoms. The van der Waals surface area contributed by atoms with Gasteiger partial charge in [0.15, 0.2) is 11.7 Å². The van der Waals surface area contributed by atoms with Crippen LogP contribution in [0.15, 0.2) is 23.5 Å². The minimum absolute atomic E-state index is 0.399. The predicted octanol–water partition coefficient (Wildman–Crippen LogP) is 1.26. The highest BCUT2D eigenvalue weighted by molar-refractivity contribution is 6.58. The molecule has 1 aromatic rings. The summed E-state index contributed by atoms with van der Waals surface area (Å²) in [6.45, 7) is 1.71. The van der Waals surface area contributed by atoms with Crippen LogP contribution < -0.4 is 10.6 Å². The third-order valence-corrected chi connectivity index (χ3v) is 3.91. The molecule has 3 N–H and O–H groups in total. The Morgan fingerprint density at radius 2 is 2.19 bits per heavy atom. The zero-order valence-corrected chi connectivity index (χ0v) is 12.7. The third kappa shape index (κ3) is 2.41. The Kier molecular flexibility index (Phi) is 3.65. The highest BCUT2D eigenvalue weighted by atomic mass is 35.5. The van der Waals surface area contributed by atoms with Gasteiger partial charge in [0.25, 0.3) is 0 Å². The van der Waals surface area contributed by atoms with Gasteiger partial charge in [-0.25, -0.2) is 9.98 Å². The Bertz CT molecular complexity index is 645. The molecule has 3 rings (SSSR count). The van der Waals surface area contributed by atoms with Gasteiger partial charge in [0.1, 0.15) is 5.71 Å². The molecule has 0 atom stereocenters. The minimum Gasteiger partial charge on any atom is -0.393 e. The van der Waals surface area contributed by atoms with Crippen molar-refractivity contribution < 1.29 is 0 Å². The number of likely N-dealkylation sites (tertiary alicyclic amines) is 1. The maximum absolute atomic E-state index is 8.43. The topological polar surface area (TPSA) is 76.4 Å². The summed E-state index contributed by atoms with van der Waals surface area (Å²) < 4.78 is 0. The minimum atomic E-state index is 0.399. The average Bonchev–Trinajstić information content (AvgIpc) is 2.42. The van der Waals surface area contributed by atoms with Gasteiger partial charge < -0.3 is 15.5 Å². The van der Waals surface area contributed by atoms with E-state index in [4.69, 9.17) is 17.0 Å². The van der Waals surface area contributed by atoms with Crippen molar-refractivity contribution in [1.29, 1.82) is 5.41 Å². The van der Waals surface area contributed by atoms with Crippen molar-refractivity contribution in [3.63, 3.8) is 0 Å². The van der Waals surface area contributed by atoms with Crippen LogP contribution in [0.1, 0.15) is 5.56 Å². The average molecular weight is 305 g/mol. The second kappa shape index (κ2) is 5.46. The van der Waals surface area contributed by atoms with E-state index in [0.29, 0.717) is 28.4 Å². The van der Waals surface area contributed by atoms with E-state index in [1.807, 2.05) is 14.1 Å². The number of hydrogen-bond acceptors (Lipinski definition) is 6. The Morgan fingerprint density at radius 3 is 2.86 bits per heavy atom. The number of likely N-dealkylation sites (N-methyl/N-ethyl adjacent to an activating group) is 1. The second-order valence-corrected chi connectivity index (χ2v) is 5.51. The second-order valence-electron chi connectivity index (χ2n) is 5.07. The standard InChI is InChI=1S/C14H17ClN6/c1-17-5-11-10-3-8(15)4-19-13(10)20-14(12(11)16)21-6-9(7-21)18-2/h3-5,9,16-18H,6-7H2,1-2H3/b11-5-,16-12?. The molecule has 1 fully saturated rings. The molecular formula is C14H17ClN6. The third-order valence-electron chi connectivity index (χ3n) is 3.71. The quantitative estimate of drug-likeness (QED) is 0.769. The van der Waals surface area contributed by atoms with Crippen molar-refractivity contribution in [1.82, 2.24) is 20.5 Å². The zero-order chi connectivity index (χ0) is 15.0. The van der Waals surface area contributed by atoms with Crippen LogP contribution in [-0.4, -0.2) is 54.7 Å². The number of nitrogens with one attached hydrogen (secondary N) is 3. The van der Waals surface area contributed by atoms with Crippen molar-refractivity contribution in [2.45, 2.75) is 6.04 Å². The molecule has 0 aromatic carbocycles. The molecule has 0 bridgehead atoms. The lowest BCUT2D eigenvalue weighted by Crippen LogP contribution is -2.60. The molecule has 3 heterocycles. The maximum atomic E-state index is 8.43. The Balaban J connectivity index is 2.01. The van der Waals surface area contributed by atoms with Gasteiger partial charge in [-0.15, -0.1) is 0 Å². The van der Waals surface area contributed by atoms with Crippen LogP contribution in [-0.2, 0) is 0 Å². The smallest absolute Gasteiger partial charge is 0.162 e. The molecule has 1 saturated heterocycles. The first-order valence-corrected chi connectivity index (χ1v) is 7.15. The van der Waals surface area contributed by atoms with Crippen molar-refractivity contribution in [2.24, 2.45) is 4.99 Å². The van der Waals surface area contributed by atoms with E-state index in [2.05, 4.69) is 25.5 Å². The van der Waals surface area contributed by atoms with E-state index in [-0.39, 0.29) is 0 Å². The molecule has 0 saturated carbocycles. The number of fused-ring (bicyclic) bond motifs is 1. The first-order chi connectivity index (χ1) is 10.1. The molecule has 0 unspecified atom stereocenters. The largest absolute Gasteiger partial charge is 0.393 e. The molecule has 2 aliphatic rings. The summed E-state index contributed by atoms with van der Waals surface area (Å²) in [6, 6.07) is 2.26. The van der Waals surface area contributed by atoms with Gasteiger partial charge in [0.05, 0.1) is 5.02 Å². The normalized spacial score (nSPS) is 20.1. The highest BCUT2D eigenvalue weighted by Crippen LogP contribution is 2.33. The van der Waals surface area contributed by atoms with Crippen LogP contribution in [0.2, 0.25) is 5.02 Å². The maximum Gasteiger partial charge on any atom is 0.162 e. The molecular weight excluding hydrogens is 288 g/mol. The molecule has 0 radical (unpaired) electrons. The summed E-state index contributed by atoms with van der Waals surface area (Å²) in [5, 5.41) is 15.2. The first kappa shape index (κ1) is 14.0. The van der Waals surface area contributed by atoms with Gasteiger partial charge in [-0.05, 0) is 13.1 Å². The van der Waals surface area contributed by atoms with E-state index in [9.17, 15) is 0 Å². The van der Waals surface area contributed by atoms with Gasteiger partial charge in [-0.1, -0.05) is 11.6 Å². The summed E-state index contributed by atoms with van der Waals surface area (Å²) in [5.41, 5.74) is 1.95. The number of nitrogens with zero attached hydrogens (tertiary/aromatic N) is 3. The van der Waals surface area contributed by atoms with E-state index in [1.54, 1.807) is 18.5 Å². The van der Waals surface area contributed by atoms with E-state index >= 15 is 0 Å². The number of aromatic nitrogens is 1. The van der Waals surface area contributed by atoms with Crippen molar-refractivity contribution in [3.8, 4) is 0 Å². The van der Waals surface area contributed by atoms with E-state index in [1.165, 1.54) is 0 Å². The SMILES string of the molecule is CN/C=C1\C(=N)C(N2CC(NC)C2)=Nc2ncc(Cl)cc21. The Morgan fingerprint density at radius 1 is 1.43 bits per heavy atom. The number of pyridine rings is 1. The first-order valence-electron chi connectivity index (χ1n) is 6.77. The van der Waals surface area contributed by atoms with E-state index in [0.717, 1.165) is 24.2 Å². The summed E-state index contributed by atoms with van der Waals surface area (Å²) in [5.74, 6) is 1.28. The summed E-state index contributed by atoms with van der Waals surface area (Å²) in [4.78, 5) is 10.9. The lowest BCUT2D eigenvalue weighted by molar-refractivity contribution is 0.228. The van der Waals surface area contributed by atoms with Crippen molar-refractivity contribution in [3.05, 3.63) is 29.0 Å². The predicted molar refractivity (Wildman–Crippen MR) is 85.5 cm³/mol. The van der Waals surface area contributed by atoms with Crippen LogP contribution in [0, 0.1) is 5.41 Å². The zero-order valence-electron chi connectivity index (χ0n) is 11.9. The van der Waals surface area contributed by atoms with Gasteiger partial charge in [-0.3, -0.25) is 5.41 Å². The molecule has 6 nitrogen and oxygen atoms in total. The van der Waals surface area contributed by atoms with Crippen LogP contribution in [0.5, 0.6) is 0 Å². The Hall–Kier alpha value is -1.92. The summed E-state index contributed by atoms with van der Waals surface area (Å²) in [7, 11) is 3.76. The number of aliphatic imine (C=N–C) groups is 1. The molecule has 2 aliphatic heterocycles. The van der Waals surface area contributed by atoms with Crippen LogP contribution in [0.4, 0.5) is 5.82 Å². The van der Waals surface area contributed by atoms with Crippen molar-refractivity contribution in [2.75, 3.05) is 27.2 Å². The van der Waals surface area contributed by atoms with Crippen LogP contribution in [0.25, 0.3) is 5.57 Å². The van der Waals surface area contributed by atoms with Crippen molar-refractivity contribution >= 4 is 34.5 Å². The van der Waals surface area contributed by atoms with Crippen LogP contribution in [0.3, 0.4) is 0 Å². The van der Waals surface area contributed by atoms with Gasteiger partial charge in [-0.2, -0.15) is 0 Å². The van der Waals surface area contributed by atoms with Gasteiger partial charge >= 0.3 is 0 Å². The molecule has 0 amide bonds. The Labute approximate surface area is 128 Å². The molecule has 21 heavy (non-hydrogen) atoms. The van der Waals surface area contributed by atoms with E-state index < -0.39 is 0 Å². The lowest BCUT2D eigenvalue weighted by atomic mass is 9.96. The van der Waals surface area contributed by atoms with Crippen LogP contribution >= 0.6 is 11.6 Å². The molecule has 110 valence electrons. The fourth-order valence-electron chi connectivity index (χ4n) is 2.49. The number of hydrogen-bond donors (Lipinski definition) is 3. The number of halogens is 1. The monoisotopic (exact) mass is 304 g/mol. The number of rotatable bonds is 2. The summed E-state index contributed by atoms with van der Waals surface area (Å²) >= 11 is 6.02. The van der Waals surface area contributed by atoms with Gasteiger partial charge in [0.2, 0.25) is 0 Å². The molecule has 0 aliphatic carbocycles.